The molecule has 0 radical (unpaired) electrons. The van der Waals surface area contributed by atoms with Gasteiger partial charge in [0.2, 0.25) is 0 Å². The van der Waals surface area contributed by atoms with Crippen LogP contribution in [0.4, 0.5) is 4.79 Å². The van der Waals surface area contributed by atoms with E-state index >= 15 is 0 Å². The minimum atomic E-state index is 0.180. The predicted octanol–water partition coefficient (Wildman–Crippen LogP) is 3.31. The van der Waals surface area contributed by atoms with Crippen molar-refractivity contribution in [3.8, 4) is 0 Å². The van der Waals surface area contributed by atoms with E-state index in [-0.39, 0.29) is 6.03 Å². The van der Waals surface area contributed by atoms with Crippen LogP contribution in [0.1, 0.15) is 64.2 Å². The SMILES string of the molecule is COCCCC1CCCCN1C(=O)NC1CCCCC1. The van der Waals surface area contributed by atoms with Gasteiger partial charge in [-0.3, -0.25) is 0 Å². The van der Waals surface area contributed by atoms with Crippen molar-refractivity contribution in [3.63, 3.8) is 0 Å². The first-order valence-electron chi connectivity index (χ1n) is 8.37. The van der Waals surface area contributed by atoms with Crippen LogP contribution in [0.5, 0.6) is 0 Å². The third kappa shape index (κ3) is 4.65. The van der Waals surface area contributed by atoms with Crippen LogP contribution in [0.3, 0.4) is 0 Å². The van der Waals surface area contributed by atoms with Gasteiger partial charge in [-0.05, 0) is 44.9 Å². The summed E-state index contributed by atoms with van der Waals surface area (Å²) in [6.45, 7) is 1.73. The van der Waals surface area contributed by atoms with Gasteiger partial charge in [-0.1, -0.05) is 19.3 Å². The van der Waals surface area contributed by atoms with Crippen LogP contribution in [0.15, 0.2) is 0 Å². The number of ether oxygens (including phenoxy) is 1. The second-order valence-electron chi connectivity index (χ2n) is 6.26. The van der Waals surface area contributed by atoms with Crippen LogP contribution in [-0.4, -0.2) is 43.3 Å². The normalized spacial score (nSPS) is 24.6. The monoisotopic (exact) mass is 282 g/mol. The van der Waals surface area contributed by atoms with Crippen LogP contribution < -0.4 is 5.32 Å². The lowest BCUT2D eigenvalue weighted by molar-refractivity contribution is 0.129. The van der Waals surface area contributed by atoms with Gasteiger partial charge < -0.3 is 15.0 Å². The number of nitrogens with one attached hydrogen (secondary N) is 1. The van der Waals surface area contributed by atoms with E-state index in [1.165, 1.54) is 25.7 Å². The van der Waals surface area contributed by atoms with Crippen LogP contribution in [0.2, 0.25) is 0 Å². The molecule has 2 rings (SSSR count). The van der Waals surface area contributed by atoms with Crippen LogP contribution in [0.25, 0.3) is 0 Å². The summed E-state index contributed by atoms with van der Waals surface area (Å²) in [6.07, 6.45) is 11.9. The fraction of sp³-hybridized carbons (Fsp3) is 0.938. The van der Waals surface area contributed by atoms with Crippen molar-refractivity contribution in [2.45, 2.75) is 76.3 Å². The lowest BCUT2D eigenvalue weighted by Gasteiger charge is -2.37. The minimum Gasteiger partial charge on any atom is -0.385 e. The standard InChI is InChI=1S/C16H30N2O2/c1-20-13-7-11-15-10-5-6-12-18(15)16(19)17-14-8-3-2-4-9-14/h14-15H,2-13H2,1H3,(H,17,19). The van der Waals surface area contributed by atoms with Crippen LogP contribution in [0, 0.1) is 0 Å². The Bertz CT molecular complexity index is 290. The summed E-state index contributed by atoms with van der Waals surface area (Å²) in [5.74, 6) is 0. The molecule has 0 aromatic heterocycles. The van der Waals surface area contributed by atoms with Crippen molar-refractivity contribution in [2.75, 3.05) is 20.3 Å². The first kappa shape index (κ1) is 15.6. The Morgan fingerprint density at radius 1 is 1.15 bits per heavy atom. The largest absolute Gasteiger partial charge is 0.385 e. The predicted molar refractivity (Wildman–Crippen MR) is 80.9 cm³/mol. The number of carbonyl (C=O) groups excluding carboxylic acids is 1. The first-order chi connectivity index (χ1) is 9.81. The third-order valence-electron chi connectivity index (χ3n) is 4.71. The van der Waals surface area contributed by atoms with Crippen molar-refractivity contribution < 1.29 is 9.53 Å². The molecule has 0 bridgehead atoms. The molecule has 20 heavy (non-hydrogen) atoms. The molecule has 2 aliphatic rings. The summed E-state index contributed by atoms with van der Waals surface area (Å²) in [5, 5.41) is 3.26. The van der Waals surface area contributed by atoms with E-state index in [0.717, 1.165) is 51.7 Å². The molecule has 0 spiro atoms. The molecular weight excluding hydrogens is 252 g/mol. The molecule has 116 valence electrons. The van der Waals surface area contributed by atoms with E-state index in [2.05, 4.69) is 10.2 Å². The van der Waals surface area contributed by atoms with E-state index in [0.29, 0.717) is 12.1 Å². The number of methoxy groups -OCH3 is 1. The van der Waals surface area contributed by atoms with Crippen molar-refractivity contribution in [3.05, 3.63) is 0 Å². The number of carbonyl (C=O) groups is 1. The number of hydrogen-bond donors (Lipinski definition) is 1. The molecule has 2 amide bonds. The first-order valence-corrected chi connectivity index (χ1v) is 8.37. The average molecular weight is 282 g/mol. The van der Waals surface area contributed by atoms with Crippen molar-refractivity contribution in [1.82, 2.24) is 10.2 Å². The summed E-state index contributed by atoms with van der Waals surface area (Å²) in [6, 6.07) is 1.01. The molecule has 1 aliphatic carbocycles. The van der Waals surface area contributed by atoms with E-state index < -0.39 is 0 Å². The maximum atomic E-state index is 12.5. The van der Waals surface area contributed by atoms with Crippen LogP contribution in [-0.2, 0) is 4.74 Å². The molecular formula is C16H30N2O2. The fourth-order valence-corrected chi connectivity index (χ4v) is 3.54. The number of nitrogens with zero attached hydrogens (tertiary/aromatic N) is 1. The van der Waals surface area contributed by atoms with Gasteiger partial charge in [0.15, 0.2) is 0 Å². The Balaban J connectivity index is 1.80. The summed E-state index contributed by atoms with van der Waals surface area (Å²) in [5.41, 5.74) is 0. The molecule has 1 saturated carbocycles. The molecule has 1 aliphatic heterocycles. The number of amides is 2. The van der Waals surface area contributed by atoms with Gasteiger partial charge in [0, 0.05) is 32.3 Å². The Labute approximate surface area is 123 Å². The zero-order chi connectivity index (χ0) is 14.2. The van der Waals surface area contributed by atoms with Gasteiger partial charge in [0.1, 0.15) is 0 Å². The lowest BCUT2D eigenvalue weighted by Crippen LogP contribution is -2.51. The second-order valence-corrected chi connectivity index (χ2v) is 6.26. The molecule has 0 aromatic rings. The summed E-state index contributed by atoms with van der Waals surface area (Å²) in [7, 11) is 1.74. The Morgan fingerprint density at radius 3 is 2.65 bits per heavy atom. The molecule has 1 heterocycles. The number of hydrogen-bond acceptors (Lipinski definition) is 2. The Kier molecular flexibility index (Phi) is 6.64. The average Bonchev–Trinajstić information content (AvgIpc) is 2.49. The highest BCUT2D eigenvalue weighted by Gasteiger charge is 2.27. The Hall–Kier alpha value is -0.770. The maximum Gasteiger partial charge on any atom is 0.317 e. The molecule has 4 nitrogen and oxygen atoms in total. The van der Waals surface area contributed by atoms with Gasteiger partial charge >= 0.3 is 6.03 Å². The smallest absolute Gasteiger partial charge is 0.317 e. The second kappa shape index (κ2) is 8.50. The molecule has 1 saturated heterocycles. The molecule has 1 N–H and O–H groups in total. The maximum absolute atomic E-state index is 12.5. The van der Waals surface area contributed by atoms with Crippen molar-refractivity contribution in [2.24, 2.45) is 0 Å². The Morgan fingerprint density at radius 2 is 1.90 bits per heavy atom. The molecule has 0 aromatic carbocycles. The van der Waals surface area contributed by atoms with Gasteiger partial charge in [-0.2, -0.15) is 0 Å². The van der Waals surface area contributed by atoms with Gasteiger partial charge in [-0.25, -0.2) is 4.79 Å². The zero-order valence-corrected chi connectivity index (χ0v) is 12.9. The summed E-state index contributed by atoms with van der Waals surface area (Å²) >= 11 is 0. The number of piperidine rings is 1. The zero-order valence-electron chi connectivity index (χ0n) is 12.9. The third-order valence-corrected chi connectivity index (χ3v) is 4.71. The van der Waals surface area contributed by atoms with E-state index in [1.807, 2.05) is 0 Å². The number of likely N-dealkylation sites (tertiary alicyclic amines) is 1. The van der Waals surface area contributed by atoms with E-state index in [4.69, 9.17) is 4.74 Å². The van der Waals surface area contributed by atoms with Gasteiger partial charge in [0.25, 0.3) is 0 Å². The van der Waals surface area contributed by atoms with Crippen molar-refractivity contribution in [1.29, 1.82) is 0 Å². The quantitative estimate of drug-likeness (QED) is 0.786. The summed E-state index contributed by atoms with van der Waals surface area (Å²) in [4.78, 5) is 14.6. The van der Waals surface area contributed by atoms with Crippen LogP contribution >= 0.6 is 0 Å². The van der Waals surface area contributed by atoms with Gasteiger partial charge in [0.05, 0.1) is 0 Å². The molecule has 4 heteroatoms. The fourth-order valence-electron chi connectivity index (χ4n) is 3.54. The highest BCUT2D eigenvalue weighted by Crippen LogP contribution is 2.22. The van der Waals surface area contributed by atoms with E-state index in [9.17, 15) is 4.79 Å². The number of urea groups is 1. The lowest BCUT2D eigenvalue weighted by atomic mass is 9.95. The van der Waals surface area contributed by atoms with Gasteiger partial charge in [-0.15, -0.1) is 0 Å². The number of rotatable bonds is 5. The minimum absolute atomic E-state index is 0.180. The highest BCUT2D eigenvalue weighted by molar-refractivity contribution is 5.75. The molecule has 1 atom stereocenters. The molecule has 2 fully saturated rings. The van der Waals surface area contributed by atoms with E-state index in [1.54, 1.807) is 7.11 Å². The van der Waals surface area contributed by atoms with Crippen molar-refractivity contribution >= 4 is 6.03 Å². The highest BCUT2D eigenvalue weighted by atomic mass is 16.5. The molecule has 1 unspecified atom stereocenters. The topological polar surface area (TPSA) is 41.6 Å². The summed E-state index contributed by atoms with van der Waals surface area (Å²) < 4.78 is 5.13.